The minimum Gasteiger partial charge on any atom is -0.494 e. The number of methoxy groups -OCH3 is 1. The molecule has 0 aliphatic carbocycles. The molecule has 3 aromatic rings. The number of pyridine rings is 1. The van der Waals surface area contributed by atoms with E-state index in [1.165, 1.54) is 18.2 Å². The first-order chi connectivity index (χ1) is 22.6. The number of hydrogen-bond acceptors (Lipinski definition) is 11. The number of fused-ring (bicyclic) bond motifs is 2. The number of nitrogens with zero attached hydrogens (tertiary/aromatic N) is 5. The quantitative estimate of drug-likeness (QED) is 0.248. The summed E-state index contributed by atoms with van der Waals surface area (Å²) in [5.41, 5.74) is -0.110. The van der Waals surface area contributed by atoms with Gasteiger partial charge in [-0.3, -0.25) is 14.5 Å². The van der Waals surface area contributed by atoms with Gasteiger partial charge in [-0.2, -0.15) is 5.10 Å². The first kappa shape index (κ1) is 35.2. The maximum absolute atomic E-state index is 13.5. The van der Waals surface area contributed by atoms with E-state index in [1.54, 1.807) is 57.5 Å². The fraction of sp³-hybridized carbons (Fsp3) is 0.545. The molecule has 1 aromatic carbocycles. The van der Waals surface area contributed by atoms with Crippen molar-refractivity contribution in [3.63, 3.8) is 0 Å². The van der Waals surface area contributed by atoms with Gasteiger partial charge in [-0.25, -0.2) is 14.5 Å². The van der Waals surface area contributed by atoms with Gasteiger partial charge in [0.2, 0.25) is 0 Å². The number of halogens is 1. The number of aromatic nitrogens is 3. The van der Waals surface area contributed by atoms with Crippen LogP contribution in [-0.2, 0) is 14.3 Å². The number of piperidine rings is 1. The van der Waals surface area contributed by atoms with Gasteiger partial charge in [0.05, 0.1) is 41.8 Å². The summed E-state index contributed by atoms with van der Waals surface area (Å²) in [7, 11) is 1.50. The predicted octanol–water partition coefficient (Wildman–Crippen LogP) is 3.97. The lowest BCUT2D eigenvalue weighted by atomic mass is 9.97. The zero-order valence-corrected chi connectivity index (χ0v) is 28.9. The lowest BCUT2D eigenvalue weighted by Crippen LogP contribution is -2.41. The van der Waals surface area contributed by atoms with Gasteiger partial charge in [0.1, 0.15) is 41.2 Å². The first-order valence-electron chi connectivity index (χ1n) is 15.9. The van der Waals surface area contributed by atoms with Crippen LogP contribution in [-0.4, -0.2) is 107 Å². The van der Waals surface area contributed by atoms with Crippen molar-refractivity contribution in [2.45, 2.75) is 58.7 Å². The highest BCUT2D eigenvalue weighted by molar-refractivity contribution is 6.30. The van der Waals surface area contributed by atoms with Crippen LogP contribution in [0.1, 0.15) is 57.9 Å². The molecular weight excluding hydrogens is 644 g/mol. The van der Waals surface area contributed by atoms with E-state index in [2.05, 4.69) is 20.3 Å². The van der Waals surface area contributed by atoms with Crippen LogP contribution in [0.25, 0.3) is 16.6 Å². The molecule has 15 heteroatoms. The predicted molar refractivity (Wildman–Crippen MR) is 178 cm³/mol. The monoisotopic (exact) mass is 686 g/mol. The summed E-state index contributed by atoms with van der Waals surface area (Å²) in [5, 5.41) is 18.1. The van der Waals surface area contributed by atoms with Crippen LogP contribution >= 0.6 is 11.6 Å². The fourth-order valence-corrected chi connectivity index (χ4v) is 5.73. The molecule has 0 radical (unpaired) electrons. The van der Waals surface area contributed by atoms with Crippen LogP contribution in [0, 0.1) is 5.92 Å². The van der Waals surface area contributed by atoms with Crippen molar-refractivity contribution < 1.29 is 38.4 Å². The van der Waals surface area contributed by atoms with E-state index >= 15 is 0 Å². The Labute approximate surface area is 284 Å². The largest absolute Gasteiger partial charge is 0.494 e. The van der Waals surface area contributed by atoms with E-state index in [0.717, 1.165) is 0 Å². The second kappa shape index (κ2) is 14.1. The van der Waals surface area contributed by atoms with Gasteiger partial charge in [-0.15, -0.1) is 0 Å². The highest BCUT2D eigenvalue weighted by Gasteiger charge is 2.31. The normalized spacial score (nSPS) is 15.9. The zero-order chi connectivity index (χ0) is 34.8. The van der Waals surface area contributed by atoms with Crippen molar-refractivity contribution in [1.82, 2.24) is 25.0 Å². The maximum Gasteiger partial charge on any atom is 0.415 e. The molecule has 48 heavy (non-hydrogen) atoms. The maximum atomic E-state index is 13.5. The lowest BCUT2D eigenvalue weighted by Gasteiger charge is -2.32. The van der Waals surface area contributed by atoms with Gasteiger partial charge in [-0.05, 0) is 60.5 Å². The second-order valence-corrected chi connectivity index (χ2v) is 13.9. The van der Waals surface area contributed by atoms with Crippen LogP contribution in [0.4, 0.5) is 10.5 Å². The third-order valence-corrected chi connectivity index (χ3v) is 8.12. The number of likely N-dealkylation sites (tertiary alicyclic amines) is 1. The number of ether oxygens (including phenoxy) is 4. The number of amides is 2. The van der Waals surface area contributed by atoms with Crippen LogP contribution < -0.4 is 19.7 Å². The molecule has 2 amide bonds. The Morgan fingerprint density at radius 1 is 1.08 bits per heavy atom. The van der Waals surface area contributed by atoms with Crippen LogP contribution in [0.3, 0.4) is 0 Å². The first-order valence-corrected chi connectivity index (χ1v) is 16.3. The van der Waals surface area contributed by atoms with E-state index in [-0.39, 0.29) is 35.9 Å². The average molecular weight is 687 g/mol. The molecule has 2 N–H and O–H groups in total. The highest BCUT2D eigenvalue weighted by Crippen LogP contribution is 2.41. The van der Waals surface area contributed by atoms with Crippen LogP contribution in [0.15, 0.2) is 24.4 Å². The van der Waals surface area contributed by atoms with Crippen LogP contribution in [0.5, 0.6) is 11.5 Å². The van der Waals surface area contributed by atoms with Gasteiger partial charge < -0.3 is 34.3 Å². The Bertz CT molecular complexity index is 1670. The molecule has 4 heterocycles. The molecule has 2 aliphatic rings. The molecule has 260 valence electrons. The van der Waals surface area contributed by atoms with Crippen molar-refractivity contribution in [3.05, 3.63) is 35.2 Å². The number of anilines is 1. The molecule has 2 aliphatic heterocycles. The van der Waals surface area contributed by atoms with Gasteiger partial charge in [0, 0.05) is 37.5 Å². The Morgan fingerprint density at radius 2 is 1.81 bits per heavy atom. The Balaban J connectivity index is 1.31. The number of aliphatic hydroxyl groups is 1. The standard InChI is InChI=1S/C33H43ClN6O8/c1-32(2,3)48-31(43)39-13-14-46-26-16-24(25(45-6)15-23(26)39)40-22-17-27(34)36-18-21(22)28(37-40)29(41)35-9-12-38-10-7-20(8-11-38)30(42)47-19-33(4,5)44/h15-18,20,44H,7-14,19H2,1-6H3,(H,35,41). The van der Waals surface area contributed by atoms with Gasteiger partial charge in [-0.1, -0.05) is 11.6 Å². The number of rotatable bonds is 9. The minimum absolute atomic E-state index is 0.0377. The number of nitrogens with one attached hydrogen (secondary N) is 1. The van der Waals surface area contributed by atoms with Crippen LogP contribution in [0.2, 0.25) is 5.15 Å². The number of benzene rings is 1. The fourth-order valence-electron chi connectivity index (χ4n) is 5.57. The molecule has 0 saturated carbocycles. The number of esters is 1. The topological polar surface area (TPSA) is 158 Å². The molecular formula is C33H43ClN6O8. The molecule has 14 nitrogen and oxygen atoms in total. The van der Waals surface area contributed by atoms with Crippen molar-refractivity contribution in [1.29, 1.82) is 0 Å². The van der Waals surface area contributed by atoms with E-state index in [9.17, 15) is 19.5 Å². The Hall–Kier alpha value is -4.14. The number of carbonyl (C=O) groups excluding carboxylic acids is 3. The summed E-state index contributed by atoms with van der Waals surface area (Å²) < 4.78 is 24.1. The van der Waals surface area contributed by atoms with E-state index in [4.69, 9.17) is 30.5 Å². The number of carbonyl (C=O) groups is 3. The second-order valence-electron chi connectivity index (χ2n) is 13.5. The molecule has 0 spiro atoms. The average Bonchev–Trinajstić information content (AvgIpc) is 3.40. The highest BCUT2D eigenvalue weighted by atomic mass is 35.5. The van der Waals surface area contributed by atoms with E-state index in [0.29, 0.717) is 79.3 Å². The third kappa shape index (κ3) is 8.28. The summed E-state index contributed by atoms with van der Waals surface area (Å²) in [5.74, 6) is -0.0865. The number of hydrogen-bond donors (Lipinski definition) is 2. The SMILES string of the molecule is COc1cc2c(cc1-n1nc(C(=O)NCCN3CCC(C(=O)OCC(C)(C)O)CC3)c3cnc(Cl)cc31)OCCN2C(=O)OC(C)(C)C. The molecule has 2 aromatic heterocycles. The molecule has 1 fully saturated rings. The third-order valence-electron chi connectivity index (χ3n) is 7.92. The molecule has 1 saturated heterocycles. The van der Waals surface area contributed by atoms with Gasteiger partial charge >= 0.3 is 12.1 Å². The van der Waals surface area contributed by atoms with Crippen molar-refractivity contribution in [2.75, 3.05) is 57.9 Å². The van der Waals surface area contributed by atoms with E-state index < -0.39 is 23.2 Å². The van der Waals surface area contributed by atoms with Crippen molar-refractivity contribution >= 4 is 46.2 Å². The molecule has 0 atom stereocenters. The summed E-state index contributed by atoms with van der Waals surface area (Å²) >= 11 is 6.29. The summed E-state index contributed by atoms with van der Waals surface area (Å²) in [6.07, 6.45) is 2.28. The van der Waals surface area contributed by atoms with Gasteiger partial charge in [0.25, 0.3) is 5.91 Å². The van der Waals surface area contributed by atoms with Crippen molar-refractivity contribution in [3.8, 4) is 17.2 Å². The summed E-state index contributed by atoms with van der Waals surface area (Å²) in [6.45, 7) is 11.4. The molecule has 0 unspecified atom stereocenters. The molecule has 5 rings (SSSR count). The zero-order valence-electron chi connectivity index (χ0n) is 28.2. The summed E-state index contributed by atoms with van der Waals surface area (Å²) in [4.78, 5) is 46.7. The van der Waals surface area contributed by atoms with Gasteiger partial charge in [0.15, 0.2) is 5.69 Å². The Kier molecular flexibility index (Phi) is 10.4. The molecule has 0 bridgehead atoms. The van der Waals surface area contributed by atoms with Crippen molar-refractivity contribution in [2.24, 2.45) is 5.92 Å². The summed E-state index contributed by atoms with van der Waals surface area (Å²) in [6, 6.07) is 5.00. The Morgan fingerprint density at radius 3 is 2.48 bits per heavy atom. The van der Waals surface area contributed by atoms with E-state index in [1.807, 2.05) is 0 Å². The lowest BCUT2D eigenvalue weighted by molar-refractivity contribution is -0.156. The minimum atomic E-state index is -1.07. The smallest absolute Gasteiger partial charge is 0.415 e.